The quantitative estimate of drug-likeness (QED) is 0.547. The van der Waals surface area contributed by atoms with Crippen molar-refractivity contribution < 1.29 is 19.1 Å². The van der Waals surface area contributed by atoms with Crippen molar-refractivity contribution in [2.75, 3.05) is 12.1 Å². The van der Waals surface area contributed by atoms with Crippen molar-refractivity contribution in [2.45, 2.75) is 26.2 Å². The summed E-state index contributed by atoms with van der Waals surface area (Å²) in [4.78, 5) is 23.9. The van der Waals surface area contributed by atoms with Crippen LogP contribution in [0.1, 0.15) is 30.4 Å². The van der Waals surface area contributed by atoms with Crippen LogP contribution in [0.4, 0.5) is 5.69 Å². The molecule has 0 fully saturated rings. The van der Waals surface area contributed by atoms with Gasteiger partial charge < -0.3 is 14.8 Å². The molecule has 0 radical (unpaired) electrons. The van der Waals surface area contributed by atoms with Gasteiger partial charge in [-0.1, -0.05) is 17.7 Å². The molecule has 0 saturated carbocycles. The number of carbonyl (C=O) groups is 2. The van der Waals surface area contributed by atoms with E-state index >= 15 is 0 Å². The van der Waals surface area contributed by atoms with E-state index in [0.717, 1.165) is 11.1 Å². The lowest BCUT2D eigenvalue weighted by molar-refractivity contribution is -0.121. The summed E-state index contributed by atoms with van der Waals surface area (Å²) in [5.41, 5.74) is 4.72. The molecule has 0 spiro atoms. The van der Waals surface area contributed by atoms with Gasteiger partial charge >= 0.3 is 0 Å². The van der Waals surface area contributed by atoms with Gasteiger partial charge in [0.2, 0.25) is 18.6 Å². The van der Waals surface area contributed by atoms with Crippen molar-refractivity contribution in [1.29, 1.82) is 0 Å². The van der Waals surface area contributed by atoms with Crippen molar-refractivity contribution in [3.63, 3.8) is 0 Å². The lowest BCUT2D eigenvalue weighted by Crippen LogP contribution is -2.18. The van der Waals surface area contributed by atoms with Gasteiger partial charge in [-0.15, -0.1) is 0 Å². The second kappa shape index (κ2) is 9.23. The Balaban J connectivity index is 1.38. The minimum Gasteiger partial charge on any atom is -0.454 e. The number of amides is 2. The highest BCUT2D eigenvalue weighted by Crippen LogP contribution is 2.31. The predicted molar refractivity (Wildman–Crippen MR) is 107 cm³/mol. The molecule has 0 aliphatic carbocycles. The summed E-state index contributed by atoms with van der Waals surface area (Å²) in [6.45, 7) is 2.04. The molecule has 7 nitrogen and oxygen atoms in total. The molecule has 0 bridgehead atoms. The zero-order valence-electron chi connectivity index (χ0n) is 15.3. The minimum absolute atomic E-state index is 0.165. The van der Waals surface area contributed by atoms with E-state index in [9.17, 15) is 9.59 Å². The lowest BCUT2D eigenvalue weighted by Gasteiger charge is -2.09. The van der Waals surface area contributed by atoms with Crippen LogP contribution >= 0.6 is 11.6 Å². The molecular weight excluding hydrogens is 382 g/mol. The number of rotatable bonds is 7. The van der Waals surface area contributed by atoms with Gasteiger partial charge in [-0.25, -0.2) is 5.43 Å². The van der Waals surface area contributed by atoms with Gasteiger partial charge in [0.25, 0.3) is 0 Å². The molecule has 0 atom stereocenters. The zero-order valence-corrected chi connectivity index (χ0v) is 16.1. The molecular formula is C20H20ClN3O4. The molecule has 28 heavy (non-hydrogen) atoms. The Kier molecular flexibility index (Phi) is 6.49. The van der Waals surface area contributed by atoms with E-state index in [4.69, 9.17) is 21.1 Å². The number of nitrogens with zero attached hydrogens (tertiary/aromatic N) is 1. The Morgan fingerprint density at radius 1 is 1.14 bits per heavy atom. The average Bonchev–Trinajstić information content (AvgIpc) is 3.13. The number of hydrogen-bond acceptors (Lipinski definition) is 5. The Morgan fingerprint density at radius 3 is 2.79 bits per heavy atom. The van der Waals surface area contributed by atoms with Gasteiger partial charge in [-0.3, -0.25) is 9.59 Å². The van der Waals surface area contributed by atoms with Crippen LogP contribution in [0.3, 0.4) is 0 Å². The van der Waals surface area contributed by atoms with E-state index in [2.05, 4.69) is 15.8 Å². The first kappa shape index (κ1) is 19.7. The van der Waals surface area contributed by atoms with Crippen LogP contribution in [0.15, 0.2) is 41.5 Å². The van der Waals surface area contributed by atoms with Crippen molar-refractivity contribution in [1.82, 2.24) is 5.43 Å². The third-order valence-corrected chi connectivity index (χ3v) is 4.56. The topological polar surface area (TPSA) is 89.0 Å². The van der Waals surface area contributed by atoms with Crippen LogP contribution in [0.25, 0.3) is 0 Å². The number of hydrazone groups is 1. The molecule has 3 rings (SSSR count). The Labute approximate surface area is 167 Å². The summed E-state index contributed by atoms with van der Waals surface area (Å²) < 4.78 is 10.5. The van der Waals surface area contributed by atoms with Crippen molar-refractivity contribution in [3.8, 4) is 11.5 Å². The normalized spacial score (nSPS) is 12.2. The van der Waals surface area contributed by atoms with E-state index in [1.54, 1.807) is 30.3 Å². The molecule has 146 valence electrons. The monoisotopic (exact) mass is 401 g/mol. The Bertz CT molecular complexity index is 914. The molecule has 1 heterocycles. The molecule has 2 aromatic carbocycles. The van der Waals surface area contributed by atoms with Crippen LogP contribution in [0.5, 0.6) is 11.5 Å². The summed E-state index contributed by atoms with van der Waals surface area (Å²) in [5.74, 6) is 0.911. The Morgan fingerprint density at radius 2 is 1.93 bits per heavy atom. The third-order valence-electron chi connectivity index (χ3n) is 4.15. The summed E-state index contributed by atoms with van der Waals surface area (Å²) >= 11 is 6.03. The largest absolute Gasteiger partial charge is 0.454 e. The number of ether oxygens (including phenoxy) is 2. The fraction of sp³-hybridized carbons (Fsp3) is 0.250. The highest BCUT2D eigenvalue weighted by atomic mass is 35.5. The van der Waals surface area contributed by atoms with Crippen molar-refractivity contribution in [3.05, 3.63) is 52.5 Å². The SMILES string of the molecule is Cc1c(Cl)cccc1NC(=O)CCCC(=O)N/N=C\c1ccc2c(c1)OCO2. The number of halogens is 1. The molecule has 0 aromatic heterocycles. The highest BCUT2D eigenvalue weighted by Gasteiger charge is 2.12. The van der Waals surface area contributed by atoms with Gasteiger partial charge in [-0.05, 0) is 54.8 Å². The smallest absolute Gasteiger partial charge is 0.240 e. The van der Waals surface area contributed by atoms with E-state index in [1.165, 1.54) is 6.21 Å². The zero-order chi connectivity index (χ0) is 19.9. The number of fused-ring (bicyclic) bond motifs is 1. The molecule has 2 amide bonds. The van der Waals surface area contributed by atoms with E-state index in [1.807, 2.05) is 13.0 Å². The number of anilines is 1. The second-order valence-electron chi connectivity index (χ2n) is 6.22. The van der Waals surface area contributed by atoms with Crippen LogP contribution in [-0.4, -0.2) is 24.8 Å². The number of hydrogen-bond donors (Lipinski definition) is 2. The fourth-order valence-electron chi connectivity index (χ4n) is 2.59. The third kappa shape index (κ3) is 5.23. The number of nitrogens with one attached hydrogen (secondary N) is 2. The van der Waals surface area contributed by atoms with Crippen molar-refractivity contribution >= 4 is 35.3 Å². The molecule has 0 saturated heterocycles. The molecule has 8 heteroatoms. The standard InChI is InChI=1S/C20H20ClN3O4/c1-13-15(21)4-2-5-16(13)23-19(25)6-3-7-20(26)24-22-11-14-8-9-17-18(10-14)28-12-27-17/h2,4-5,8-11H,3,6-7,12H2,1H3,(H,23,25)(H,24,26)/b22-11-. The van der Waals surface area contributed by atoms with Crippen LogP contribution < -0.4 is 20.2 Å². The van der Waals surface area contributed by atoms with Crippen LogP contribution in [0, 0.1) is 6.92 Å². The molecule has 2 N–H and O–H groups in total. The average molecular weight is 402 g/mol. The summed E-state index contributed by atoms with van der Waals surface area (Å²) in [6.07, 6.45) is 2.36. The minimum atomic E-state index is -0.260. The van der Waals surface area contributed by atoms with Gasteiger partial charge in [0.05, 0.1) is 6.21 Å². The summed E-state index contributed by atoms with van der Waals surface area (Å²) in [7, 11) is 0. The van der Waals surface area contributed by atoms with Crippen LogP contribution in [-0.2, 0) is 9.59 Å². The summed E-state index contributed by atoms with van der Waals surface area (Å²) in [6, 6.07) is 10.7. The molecule has 2 aromatic rings. The molecule has 1 aliphatic rings. The van der Waals surface area contributed by atoms with Gasteiger partial charge in [0, 0.05) is 23.6 Å². The van der Waals surface area contributed by atoms with E-state index in [-0.39, 0.29) is 31.4 Å². The number of carbonyl (C=O) groups excluding carboxylic acids is 2. The predicted octanol–water partition coefficient (Wildman–Crippen LogP) is 3.64. The van der Waals surface area contributed by atoms with E-state index in [0.29, 0.717) is 28.6 Å². The van der Waals surface area contributed by atoms with Gasteiger partial charge in [0.1, 0.15) is 0 Å². The lowest BCUT2D eigenvalue weighted by atomic mass is 10.2. The Hall–Kier alpha value is -3.06. The molecule has 1 aliphatic heterocycles. The van der Waals surface area contributed by atoms with E-state index < -0.39 is 0 Å². The first-order valence-electron chi connectivity index (χ1n) is 8.79. The summed E-state index contributed by atoms with van der Waals surface area (Å²) in [5, 5.41) is 7.32. The van der Waals surface area contributed by atoms with Gasteiger partial charge in [-0.2, -0.15) is 5.10 Å². The van der Waals surface area contributed by atoms with Gasteiger partial charge in [0.15, 0.2) is 11.5 Å². The first-order valence-corrected chi connectivity index (χ1v) is 9.17. The fourth-order valence-corrected chi connectivity index (χ4v) is 2.77. The first-order chi connectivity index (χ1) is 13.5. The maximum absolute atomic E-state index is 12.0. The number of benzene rings is 2. The highest BCUT2D eigenvalue weighted by molar-refractivity contribution is 6.31. The van der Waals surface area contributed by atoms with Crippen LogP contribution in [0.2, 0.25) is 5.02 Å². The maximum Gasteiger partial charge on any atom is 0.240 e. The second-order valence-corrected chi connectivity index (χ2v) is 6.63. The molecule has 0 unspecified atom stereocenters. The van der Waals surface area contributed by atoms with Crippen molar-refractivity contribution in [2.24, 2.45) is 5.10 Å². The maximum atomic E-state index is 12.0.